The van der Waals surface area contributed by atoms with Crippen molar-refractivity contribution in [3.8, 4) is 0 Å². The maximum atomic E-state index is 14.9. The highest BCUT2D eigenvalue weighted by atomic mass is 35.5. The molecule has 0 radical (unpaired) electrons. The molecule has 0 bridgehead atoms. The number of allylic oxidation sites excluding steroid dienone is 1. The topological polar surface area (TPSA) is 75.7 Å². The second kappa shape index (κ2) is 9.47. The summed E-state index contributed by atoms with van der Waals surface area (Å²) >= 11 is 5.83. The average Bonchev–Trinajstić information content (AvgIpc) is 3.41. The number of rotatable bonds is 6. The van der Waals surface area contributed by atoms with Crippen LogP contribution in [0.1, 0.15) is 40.5 Å². The first kappa shape index (κ1) is 24.9. The van der Waals surface area contributed by atoms with Crippen molar-refractivity contribution in [3.05, 3.63) is 82.0 Å². The number of carbonyl (C=O) groups is 3. The van der Waals surface area contributed by atoms with Crippen molar-refractivity contribution in [1.29, 1.82) is 0 Å². The molecule has 1 fully saturated rings. The fourth-order valence-electron chi connectivity index (χ4n) is 4.44. The van der Waals surface area contributed by atoms with Crippen LogP contribution < -0.4 is 5.32 Å². The number of ether oxygens (including phenoxy) is 1. The van der Waals surface area contributed by atoms with Gasteiger partial charge in [-0.1, -0.05) is 41.9 Å². The summed E-state index contributed by atoms with van der Waals surface area (Å²) in [5.41, 5.74) is -4.76. The summed E-state index contributed by atoms with van der Waals surface area (Å²) in [6.07, 6.45) is -4.52. The molecule has 2 aromatic carbocycles. The van der Waals surface area contributed by atoms with Crippen molar-refractivity contribution in [2.24, 2.45) is 0 Å². The summed E-state index contributed by atoms with van der Waals surface area (Å²) in [6, 6.07) is 12.5. The molecule has 0 spiro atoms. The van der Waals surface area contributed by atoms with Gasteiger partial charge in [-0.2, -0.15) is 13.2 Å². The van der Waals surface area contributed by atoms with Gasteiger partial charge in [0.2, 0.25) is 5.54 Å². The first-order chi connectivity index (χ1) is 16.6. The van der Waals surface area contributed by atoms with Gasteiger partial charge in [0.25, 0.3) is 11.8 Å². The van der Waals surface area contributed by atoms with Crippen molar-refractivity contribution in [2.45, 2.75) is 37.6 Å². The Morgan fingerprint density at radius 2 is 1.77 bits per heavy atom. The Morgan fingerprint density at radius 3 is 2.34 bits per heavy atom. The van der Waals surface area contributed by atoms with Gasteiger partial charge in [-0.05, 0) is 44.0 Å². The number of Topliss-reactive ketones (excluding diaryl/α,β-unsaturated/α-hetero) is 1. The molecule has 2 aliphatic rings. The van der Waals surface area contributed by atoms with Crippen molar-refractivity contribution in [3.63, 3.8) is 0 Å². The summed E-state index contributed by atoms with van der Waals surface area (Å²) in [6.45, 7) is 1.55. The van der Waals surface area contributed by atoms with Crippen molar-refractivity contribution >= 4 is 29.2 Å². The number of hydrogen-bond donors (Lipinski definition) is 1. The Morgan fingerprint density at radius 1 is 1.11 bits per heavy atom. The molecule has 4 rings (SSSR count). The Bertz CT molecular complexity index is 1180. The van der Waals surface area contributed by atoms with Gasteiger partial charge in [0.05, 0.1) is 18.2 Å². The van der Waals surface area contributed by atoms with Crippen LogP contribution in [0.25, 0.3) is 0 Å². The summed E-state index contributed by atoms with van der Waals surface area (Å²) in [5.74, 6) is -3.61. The lowest BCUT2D eigenvalue weighted by molar-refractivity contribution is -0.189. The molecule has 184 valence electrons. The zero-order valence-corrected chi connectivity index (χ0v) is 19.4. The molecule has 2 atom stereocenters. The lowest BCUT2D eigenvalue weighted by Crippen LogP contribution is -2.66. The fraction of sp³-hybridized carbons (Fsp3) is 0.320. The molecule has 10 heteroatoms. The van der Waals surface area contributed by atoms with Gasteiger partial charge in [0.15, 0.2) is 5.78 Å². The van der Waals surface area contributed by atoms with Crippen LogP contribution in [0.15, 0.2) is 65.9 Å². The first-order valence-corrected chi connectivity index (χ1v) is 11.3. The fourth-order valence-corrected chi connectivity index (χ4v) is 4.57. The van der Waals surface area contributed by atoms with Gasteiger partial charge in [0, 0.05) is 28.5 Å². The average molecular weight is 507 g/mol. The molecular weight excluding hydrogens is 485 g/mol. The first-order valence-electron chi connectivity index (χ1n) is 11.0. The molecule has 0 unspecified atom stereocenters. The molecular formula is C25H22ClF3N2O4. The third kappa shape index (κ3) is 4.46. The molecule has 6 nitrogen and oxygen atoms in total. The minimum absolute atomic E-state index is 0.0389. The molecule has 2 aliphatic heterocycles. The van der Waals surface area contributed by atoms with E-state index >= 15 is 0 Å². The number of nitrogens with zero attached hydrogens (tertiary/aromatic N) is 1. The highest BCUT2D eigenvalue weighted by Crippen LogP contribution is 2.46. The number of alkyl halides is 3. The number of hydrogen-bond acceptors (Lipinski definition) is 4. The van der Waals surface area contributed by atoms with E-state index in [4.69, 9.17) is 16.3 Å². The highest BCUT2D eigenvalue weighted by Gasteiger charge is 2.70. The van der Waals surface area contributed by atoms with E-state index in [0.717, 1.165) is 4.90 Å². The maximum Gasteiger partial charge on any atom is 0.425 e. The van der Waals surface area contributed by atoms with E-state index in [0.29, 0.717) is 19.4 Å². The Labute approximate surface area is 204 Å². The molecule has 2 amide bonds. The quantitative estimate of drug-likeness (QED) is 0.583. The maximum absolute atomic E-state index is 14.9. The zero-order valence-electron chi connectivity index (χ0n) is 18.7. The van der Waals surface area contributed by atoms with Gasteiger partial charge < -0.3 is 15.0 Å². The number of carbonyl (C=O) groups excluding carboxylic acids is 3. The van der Waals surface area contributed by atoms with Crippen LogP contribution in [0.4, 0.5) is 13.2 Å². The van der Waals surface area contributed by atoms with E-state index in [9.17, 15) is 27.6 Å². The molecule has 2 heterocycles. The summed E-state index contributed by atoms with van der Waals surface area (Å²) < 4.78 is 50.2. The molecule has 35 heavy (non-hydrogen) atoms. The molecule has 0 aromatic heterocycles. The summed E-state index contributed by atoms with van der Waals surface area (Å²) in [7, 11) is 0. The smallest absolute Gasteiger partial charge is 0.376 e. The summed E-state index contributed by atoms with van der Waals surface area (Å²) in [4.78, 5) is 40.9. The van der Waals surface area contributed by atoms with Crippen LogP contribution in [-0.4, -0.2) is 53.5 Å². The standard InChI is InChI=1S/C25H22ClF3N2O4/c1-15-20(21(32)16-6-3-2-4-7-16)24(25(27,28)29,23(34)31(15)14-19-8-5-13-35-19)30-22(33)17-9-11-18(26)12-10-17/h2-4,6-7,9-12,19H,5,8,13-14H2,1H3,(H,30,33)/t19-,24-/m0/s1. The van der Waals surface area contributed by atoms with Gasteiger partial charge in [-0.15, -0.1) is 0 Å². The van der Waals surface area contributed by atoms with E-state index in [-0.39, 0.29) is 28.4 Å². The van der Waals surface area contributed by atoms with Gasteiger partial charge in [-0.25, -0.2) is 0 Å². The number of benzene rings is 2. The van der Waals surface area contributed by atoms with Crippen LogP contribution in [-0.2, 0) is 9.53 Å². The van der Waals surface area contributed by atoms with Crippen LogP contribution in [0.3, 0.4) is 0 Å². The molecule has 1 N–H and O–H groups in total. The molecule has 2 aromatic rings. The SMILES string of the molecule is CC1=C(C(=O)c2ccccc2)[C@@](NC(=O)c2ccc(Cl)cc2)(C(F)(F)F)C(=O)N1C[C@@H]1CCCO1. The normalized spacial score (nSPS) is 22.6. The third-order valence-corrected chi connectivity index (χ3v) is 6.47. The van der Waals surface area contributed by atoms with E-state index in [1.54, 1.807) is 6.07 Å². The van der Waals surface area contributed by atoms with Crippen molar-refractivity contribution in [1.82, 2.24) is 10.2 Å². The highest BCUT2D eigenvalue weighted by molar-refractivity contribution is 6.30. The second-order valence-electron chi connectivity index (χ2n) is 8.42. The van der Waals surface area contributed by atoms with E-state index in [1.165, 1.54) is 55.5 Å². The Balaban J connectivity index is 1.85. The van der Waals surface area contributed by atoms with Crippen LogP contribution in [0.2, 0.25) is 5.02 Å². The lowest BCUT2D eigenvalue weighted by atomic mass is 9.84. The van der Waals surface area contributed by atoms with Crippen molar-refractivity contribution < 1.29 is 32.3 Å². The van der Waals surface area contributed by atoms with Gasteiger partial charge in [0.1, 0.15) is 0 Å². The van der Waals surface area contributed by atoms with Gasteiger partial charge >= 0.3 is 6.18 Å². The summed E-state index contributed by atoms with van der Waals surface area (Å²) in [5, 5.41) is 2.17. The zero-order chi connectivity index (χ0) is 25.4. The molecule has 1 saturated heterocycles. The number of nitrogens with one attached hydrogen (secondary N) is 1. The minimum atomic E-state index is -5.32. The Hall–Kier alpha value is -3.17. The third-order valence-electron chi connectivity index (χ3n) is 6.21. The number of amides is 2. The predicted octanol–water partition coefficient (Wildman–Crippen LogP) is 4.55. The Kier molecular flexibility index (Phi) is 6.75. The largest absolute Gasteiger partial charge is 0.425 e. The molecule has 0 saturated carbocycles. The van der Waals surface area contributed by atoms with Crippen LogP contribution >= 0.6 is 11.6 Å². The van der Waals surface area contributed by atoms with Gasteiger partial charge in [-0.3, -0.25) is 14.4 Å². The lowest BCUT2D eigenvalue weighted by Gasteiger charge is -2.33. The van der Waals surface area contributed by atoms with E-state index in [1.807, 2.05) is 5.32 Å². The minimum Gasteiger partial charge on any atom is -0.376 e. The predicted molar refractivity (Wildman–Crippen MR) is 122 cm³/mol. The molecule has 0 aliphatic carbocycles. The monoisotopic (exact) mass is 506 g/mol. The van der Waals surface area contributed by atoms with Crippen LogP contribution in [0.5, 0.6) is 0 Å². The number of ketones is 1. The number of halogens is 4. The van der Waals surface area contributed by atoms with Crippen LogP contribution in [0, 0.1) is 0 Å². The van der Waals surface area contributed by atoms with Crippen molar-refractivity contribution in [2.75, 3.05) is 13.2 Å². The second-order valence-corrected chi connectivity index (χ2v) is 8.85. The van der Waals surface area contributed by atoms with E-state index < -0.39 is 41.0 Å². The van der Waals surface area contributed by atoms with E-state index in [2.05, 4.69) is 0 Å².